The van der Waals surface area contributed by atoms with Crippen molar-refractivity contribution in [1.82, 2.24) is 9.97 Å². The lowest BCUT2D eigenvalue weighted by atomic mass is 9.58. The molecule has 1 fully saturated rings. The van der Waals surface area contributed by atoms with Crippen molar-refractivity contribution in [3.8, 4) is 0 Å². The van der Waals surface area contributed by atoms with Crippen molar-refractivity contribution < 1.29 is 9.53 Å². The number of aryl methyl sites for hydroxylation is 1. The van der Waals surface area contributed by atoms with E-state index in [2.05, 4.69) is 16.7 Å². The fraction of sp³-hybridized carbons (Fsp3) is 0.600. The first-order chi connectivity index (χ1) is 12.5. The van der Waals surface area contributed by atoms with Gasteiger partial charge >= 0.3 is 0 Å². The number of nitrogens with zero attached hydrogens (tertiary/aromatic N) is 4. The van der Waals surface area contributed by atoms with Gasteiger partial charge in [-0.15, -0.1) is 0 Å². The van der Waals surface area contributed by atoms with E-state index in [0.717, 1.165) is 43.3 Å². The van der Waals surface area contributed by atoms with E-state index in [9.17, 15) is 4.79 Å². The van der Waals surface area contributed by atoms with Crippen molar-refractivity contribution in [1.29, 1.82) is 0 Å². The number of Topliss-reactive ketones (excluding diaryl/α,β-unsaturated/α-hetero) is 1. The lowest BCUT2D eigenvalue weighted by Gasteiger charge is -2.46. The highest BCUT2D eigenvalue weighted by molar-refractivity contribution is 6.00. The van der Waals surface area contributed by atoms with Gasteiger partial charge in [0.1, 0.15) is 11.6 Å². The summed E-state index contributed by atoms with van der Waals surface area (Å²) >= 11 is 0. The molecule has 0 radical (unpaired) electrons. The molecule has 1 aromatic rings. The summed E-state index contributed by atoms with van der Waals surface area (Å²) < 4.78 is 5.49. The average Bonchev–Trinajstić information content (AvgIpc) is 2.65. The van der Waals surface area contributed by atoms with Gasteiger partial charge in [-0.3, -0.25) is 0 Å². The molecule has 0 amide bonds. The number of anilines is 1. The van der Waals surface area contributed by atoms with Crippen LogP contribution in [0.1, 0.15) is 37.4 Å². The summed E-state index contributed by atoms with van der Waals surface area (Å²) in [6, 6.07) is 0. The highest BCUT2D eigenvalue weighted by atomic mass is 16.5. The summed E-state index contributed by atoms with van der Waals surface area (Å²) in [4.78, 5) is 27.9. The minimum Gasteiger partial charge on any atom is -0.378 e. The Morgan fingerprint density at radius 2 is 2.08 bits per heavy atom. The molecule has 1 saturated heterocycles. The van der Waals surface area contributed by atoms with Gasteiger partial charge in [0.15, 0.2) is 5.78 Å². The maximum absolute atomic E-state index is 12.5. The Kier molecular flexibility index (Phi) is 4.07. The number of allylic oxidation sites excluding steroid dienone is 2. The summed E-state index contributed by atoms with van der Waals surface area (Å²) in [5.41, 5.74) is 2.05. The van der Waals surface area contributed by atoms with Crippen molar-refractivity contribution in [2.75, 3.05) is 31.2 Å². The molecule has 136 valence electrons. The van der Waals surface area contributed by atoms with E-state index < -0.39 is 5.41 Å². The third-order valence-electron chi connectivity index (χ3n) is 6.22. The summed E-state index contributed by atoms with van der Waals surface area (Å²) in [7, 11) is 0. The molecule has 0 spiro atoms. The van der Waals surface area contributed by atoms with Crippen LogP contribution in [0.15, 0.2) is 11.8 Å². The highest BCUT2D eigenvalue weighted by Gasteiger charge is 2.49. The Morgan fingerprint density at radius 3 is 2.77 bits per heavy atom. The van der Waals surface area contributed by atoms with E-state index in [-0.39, 0.29) is 23.3 Å². The molecule has 0 saturated carbocycles. The highest BCUT2D eigenvalue weighted by Crippen LogP contribution is 2.50. The van der Waals surface area contributed by atoms with Gasteiger partial charge < -0.3 is 14.4 Å². The Labute approximate surface area is 154 Å². The first-order valence-electron chi connectivity index (χ1n) is 9.31. The number of hydrogen-bond acceptors (Lipinski definition) is 5. The molecule has 0 unspecified atom stereocenters. The Balaban J connectivity index is 1.89. The predicted molar refractivity (Wildman–Crippen MR) is 97.8 cm³/mol. The van der Waals surface area contributed by atoms with Crippen LogP contribution >= 0.6 is 0 Å². The van der Waals surface area contributed by atoms with Crippen LogP contribution in [0.3, 0.4) is 0 Å². The fourth-order valence-electron chi connectivity index (χ4n) is 4.87. The normalized spacial score (nSPS) is 30.9. The predicted octanol–water partition coefficient (Wildman–Crippen LogP) is 2.46. The molecule has 6 heteroatoms. The molecule has 0 N–H and O–H groups in total. The number of ketones is 1. The Bertz CT molecular complexity index is 835. The number of aromatic nitrogens is 2. The van der Waals surface area contributed by atoms with Crippen LogP contribution in [-0.4, -0.2) is 42.1 Å². The summed E-state index contributed by atoms with van der Waals surface area (Å²) in [6.45, 7) is 16.5. The maximum Gasteiger partial charge on any atom is 0.226 e. The summed E-state index contributed by atoms with van der Waals surface area (Å²) in [5, 5.41) is 0. The topological polar surface area (TPSA) is 59.7 Å². The van der Waals surface area contributed by atoms with Crippen LogP contribution in [0.25, 0.3) is 4.85 Å². The Hall–Kier alpha value is -2.26. The van der Waals surface area contributed by atoms with Crippen molar-refractivity contribution in [3.05, 3.63) is 40.3 Å². The van der Waals surface area contributed by atoms with Gasteiger partial charge in [-0.05, 0) is 25.7 Å². The monoisotopic (exact) mass is 352 g/mol. The first-order valence-corrected chi connectivity index (χ1v) is 9.31. The third-order valence-corrected chi connectivity index (χ3v) is 6.22. The van der Waals surface area contributed by atoms with E-state index in [1.165, 1.54) is 5.56 Å². The second-order valence-corrected chi connectivity index (χ2v) is 7.74. The minimum atomic E-state index is -0.393. The largest absolute Gasteiger partial charge is 0.378 e. The Morgan fingerprint density at radius 1 is 1.35 bits per heavy atom. The standard InChI is InChI=1S/C20H24N4O2/c1-12-15-6-5-14-18(20(15,3)11-16(21-4)17(12)25)22-13(2)23-19(14)24-7-9-26-10-8-24/h11-12,15H,5-10H2,1-3H3/t12-,15-,20-/m0/s1. The molecule has 26 heavy (non-hydrogen) atoms. The molecule has 6 nitrogen and oxygen atoms in total. The number of carbonyl (C=O) groups excluding carboxylic acids is 1. The molecule has 1 aromatic heterocycles. The van der Waals surface area contributed by atoms with Crippen molar-refractivity contribution in [2.24, 2.45) is 11.8 Å². The molecular weight excluding hydrogens is 328 g/mol. The van der Waals surface area contributed by atoms with Gasteiger partial charge in [0.2, 0.25) is 5.70 Å². The van der Waals surface area contributed by atoms with Crippen LogP contribution in [0.4, 0.5) is 5.82 Å². The molecule has 1 aliphatic heterocycles. The van der Waals surface area contributed by atoms with E-state index >= 15 is 0 Å². The molecular formula is C20H24N4O2. The quantitative estimate of drug-likeness (QED) is 0.727. The number of hydrogen-bond donors (Lipinski definition) is 0. The van der Waals surface area contributed by atoms with Crippen molar-refractivity contribution in [2.45, 2.75) is 39.0 Å². The van der Waals surface area contributed by atoms with E-state index in [1.807, 2.05) is 19.9 Å². The van der Waals surface area contributed by atoms with Gasteiger partial charge in [-0.1, -0.05) is 19.9 Å². The van der Waals surface area contributed by atoms with Gasteiger partial charge in [-0.25, -0.2) is 14.8 Å². The van der Waals surface area contributed by atoms with E-state index in [0.29, 0.717) is 13.2 Å². The summed E-state index contributed by atoms with van der Waals surface area (Å²) in [6.07, 6.45) is 3.67. The zero-order valence-electron chi connectivity index (χ0n) is 15.6. The zero-order valence-corrected chi connectivity index (χ0v) is 15.6. The second-order valence-electron chi connectivity index (χ2n) is 7.74. The van der Waals surface area contributed by atoms with Crippen LogP contribution in [0.2, 0.25) is 0 Å². The smallest absolute Gasteiger partial charge is 0.226 e. The fourth-order valence-corrected chi connectivity index (χ4v) is 4.87. The van der Waals surface area contributed by atoms with Crippen LogP contribution in [0.5, 0.6) is 0 Å². The first kappa shape index (κ1) is 17.2. The summed E-state index contributed by atoms with van der Waals surface area (Å²) in [5.74, 6) is 1.77. The number of fused-ring (bicyclic) bond motifs is 3. The molecule has 0 aromatic carbocycles. The number of ether oxygens (including phenoxy) is 1. The number of carbonyl (C=O) groups is 1. The average molecular weight is 352 g/mol. The molecule has 2 heterocycles. The molecule has 3 atom stereocenters. The van der Waals surface area contributed by atoms with Gasteiger partial charge in [0.25, 0.3) is 0 Å². The number of rotatable bonds is 1. The maximum atomic E-state index is 12.5. The molecule has 3 aliphatic rings. The van der Waals surface area contributed by atoms with Gasteiger partial charge in [0, 0.05) is 30.0 Å². The van der Waals surface area contributed by atoms with Crippen molar-refractivity contribution >= 4 is 11.6 Å². The van der Waals surface area contributed by atoms with Crippen LogP contribution in [0, 0.1) is 25.3 Å². The lowest BCUT2D eigenvalue weighted by Crippen LogP contribution is -2.47. The van der Waals surface area contributed by atoms with Crippen LogP contribution in [-0.2, 0) is 21.4 Å². The third kappa shape index (κ3) is 2.45. The second kappa shape index (κ2) is 6.17. The molecule has 2 aliphatic carbocycles. The van der Waals surface area contributed by atoms with Crippen LogP contribution < -0.4 is 4.90 Å². The minimum absolute atomic E-state index is 0.0231. The number of morpholine rings is 1. The van der Waals surface area contributed by atoms with E-state index in [4.69, 9.17) is 21.3 Å². The zero-order chi connectivity index (χ0) is 18.5. The van der Waals surface area contributed by atoms with E-state index in [1.54, 1.807) is 0 Å². The van der Waals surface area contributed by atoms with Gasteiger partial charge in [-0.2, -0.15) is 0 Å². The SMILES string of the molecule is [C-]#[N+]C1=C[C@]2(C)c3nc(C)nc(N4CCOCC4)c3CC[C@H]2[C@H](C)C1=O. The van der Waals surface area contributed by atoms with Gasteiger partial charge in [0.05, 0.1) is 25.5 Å². The lowest BCUT2D eigenvalue weighted by molar-refractivity contribution is -0.121. The van der Waals surface area contributed by atoms with Crippen molar-refractivity contribution in [3.63, 3.8) is 0 Å². The molecule has 0 bridgehead atoms. The molecule has 4 rings (SSSR count).